The van der Waals surface area contributed by atoms with Gasteiger partial charge in [-0.05, 0) is 29.9 Å². The van der Waals surface area contributed by atoms with Crippen LogP contribution in [-0.2, 0) is 11.2 Å². The van der Waals surface area contributed by atoms with Crippen molar-refractivity contribution in [2.24, 2.45) is 5.92 Å². The molecule has 2 aliphatic heterocycles. The van der Waals surface area contributed by atoms with E-state index < -0.39 is 0 Å². The van der Waals surface area contributed by atoms with Crippen LogP contribution < -0.4 is 5.32 Å². The van der Waals surface area contributed by atoms with Gasteiger partial charge >= 0.3 is 6.03 Å². The Morgan fingerprint density at radius 2 is 2.13 bits per heavy atom. The van der Waals surface area contributed by atoms with Crippen LogP contribution in [0.15, 0.2) is 24.3 Å². The maximum absolute atomic E-state index is 12.4. The second-order valence-corrected chi connectivity index (χ2v) is 6.85. The normalized spacial score (nSPS) is 20.3. The highest BCUT2D eigenvalue weighted by Gasteiger charge is 2.38. The quantitative estimate of drug-likeness (QED) is 0.929. The van der Waals surface area contributed by atoms with Gasteiger partial charge in [-0.25, -0.2) is 4.79 Å². The lowest BCUT2D eigenvalue weighted by Crippen LogP contribution is -2.57. The lowest BCUT2D eigenvalue weighted by Gasteiger charge is -2.44. The number of hydrogen-bond donors (Lipinski definition) is 1. The van der Waals surface area contributed by atoms with Crippen LogP contribution in [0, 0.1) is 5.92 Å². The van der Waals surface area contributed by atoms with Gasteiger partial charge in [0.1, 0.15) is 6.54 Å². The molecule has 1 aromatic carbocycles. The molecule has 5 heteroatoms. The zero-order chi connectivity index (χ0) is 16.4. The van der Waals surface area contributed by atoms with Gasteiger partial charge in [0, 0.05) is 19.6 Å². The molecule has 3 rings (SSSR count). The van der Waals surface area contributed by atoms with E-state index >= 15 is 0 Å². The number of amides is 3. The third-order valence-corrected chi connectivity index (χ3v) is 4.74. The number of fused-ring (bicyclic) bond motifs is 3. The maximum atomic E-state index is 12.4. The molecule has 0 aliphatic carbocycles. The summed E-state index contributed by atoms with van der Waals surface area (Å²) in [6.07, 6.45) is 1.85. The number of carbonyl (C=O) groups excluding carboxylic acids is 2. The standard InChI is InChI=1S/C18H25N3O2/c1-13(2)7-9-19-18(23)20-11-16-15-6-4-3-5-14(15)8-10-21(16)17(22)12-20/h3-6,13,16H,7-12H2,1-2H3,(H,19,23). The van der Waals surface area contributed by atoms with Crippen LogP contribution in [0.3, 0.4) is 0 Å². The molecule has 1 saturated heterocycles. The van der Waals surface area contributed by atoms with Gasteiger partial charge < -0.3 is 15.1 Å². The molecule has 1 fully saturated rings. The minimum atomic E-state index is -0.123. The van der Waals surface area contributed by atoms with Crippen molar-refractivity contribution in [3.05, 3.63) is 35.4 Å². The Hall–Kier alpha value is -2.04. The van der Waals surface area contributed by atoms with Gasteiger partial charge in [-0.15, -0.1) is 0 Å². The Kier molecular flexibility index (Phi) is 4.55. The summed E-state index contributed by atoms with van der Waals surface area (Å²) in [5.41, 5.74) is 2.48. The van der Waals surface area contributed by atoms with Crippen molar-refractivity contribution in [3.8, 4) is 0 Å². The second kappa shape index (κ2) is 6.60. The van der Waals surface area contributed by atoms with Crippen molar-refractivity contribution < 1.29 is 9.59 Å². The summed E-state index contributed by atoms with van der Waals surface area (Å²) in [4.78, 5) is 28.4. The molecule has 0 aromatic heterocycles. The van der Waals surface area contributed by atoms with Crippen molar-refractivity contribution in [2.45, 2.75) is 32.7 Å². The van der Waals surface area contributed by atoms with E-state index in [0.29, 0.717) is 19.0 Å². The van der Waals surface area contributed by atoms with Crippen LogP contribution in [0.5, 0.6) is 0 Å². The van der Waals surface area contributed by atoms with Crippen molar-refractivity contribution in [1.82, 2.24) is 15.1 Å². The van der Waals surface area contributed by atoms with Gasteiger partial charge in [0.2, 0.25) is 5.91 Å². The largest absolute Gasteiger partial charge is 0.338 e. The van der Waals surface area contributed by atoms with Gasteiger partial charge in [0.15, 0.2) is 0 Å². The monoisotopic (exact) mass is 315 g/mol. The molecule has 1 unspecified atom stereocenters. The predicted molar refractivity (Wildman–Crippen MR) is 89.0 cm³/mol. The molecular weight excluding hydrogens is 290 g/mol. The highest BCUT2D eigenvalue weighted by molar-refractivity contribution is 5.86. The molecule has 0 bridgehead atoms. The topological polar surface area (TPSA) is 52.7 Å². The molecule has 0 spiro atoms. The van der Waals surface area contributed by atoms with Crippen molar-refractivity contribution >= 4 is 11.9 Å². The number of hydrogen-bond acceptors (Lipinski definition) is 2. The third-order valence-electron chi connectivity index (χ3n) is 4.74. The molecule has 1 N–H and O–H groups in total. The minimum absolute atomic E-state index is 0.00273. The Morgan fingerprint density at radius 3 is 2.91 bits per heavy atom. The molecule has 124 valence electrons. The smallest absolute Gasteiger partial charge is 0.317 e. The summed E-state index contributed by atoms with van der Waals surface area (Å²) in [6, 6.07) is 8.13. The first kappa shape index (κ1) is 15.8. The molecule has 0 saturated carbocycles. The number of benzene rings is 1. The summed E-state index contributed by atoms with van der Waals surface area (Å²) in [5, 5.41) is 2.94. The van der Waals surface area contributed by atoms with Crippen LogP contribution in [0.4, 0.5) is 4.79 Å². The summed E-state index contributed by atoms with van der Waals surface area (Å²) >= 11 is 0. The number of rotatable bonds is 3. The van der Waals surface area contributed by atoms with Crippen LogP contribution >= 0.6 is 0 Å². The molecule has 1 atom stereocenters. The zero-order valence-electron chi connectivity index (χ0n) is 13.9. The van der Waals surface area contributed by atoms with E-state index in [-0.39, 0.29) is 24.5 Å². The predicted octanol–water partition coefficient (Wildman–Crippen LogP) is 2.18. The summed E-state index contributed by atoms with van der Waals surface area (Å²) in [6.45, 7) is 6.44. The van der Waals surface area contributed by atoms with E-state index in [1.165, 1.54) is 11.1 Å². The minimum Gasteiger partial charge on any atom is -0.338 e. The number of urea groups is 1. The van der Waals surface area contributed by atoms with Crippen LogP contribution in [0.1, 0.15) is 37.4 Å². The van der Waals surface area contributed by atoms with E-state index in [9.17, 15) is 9.59 Å². The molecule has 3 amide bonds. The molecule has 1 aromatic rings. The molecule has 2 aliphatic rings. The number of carbonyl (C=O) groups is 2. The van der Waals surface area contributed by atoms with E-state index in [4.69, 9.17) is 0 Å². The SMILES string of the molecule is CC(C)CCNC(=O)N1CC(=O)N2CCc3ccccc3C2C1. The van der Waals surface area contributed by atoms with Crippen molar-refractivity contribution in [1.29, 1.82) is 0 Å². The molecule has 2 heterocycles. The first-order chi connectivity index (χ1) is 11.1. The lowest BCUT2D eigenvalue weighted by atomic mass is 9.91. The summed E-state index contributed by atoms with van der Waals surface area (Å²) in [5.74, 6) is 0.605. The molecule has 23 heavy (non-hydrogen) atoms. The first-order valence-corrected chi connectivity index (χ1v) is 8.46. The molecule has 5 nitrogen and oxygen atoms in total. The summed E-state index contributed by atoms with van der Waals surface area (Å²) in [7, 11) is 0. The number of piperazine rings is 1. The van der Waals surface area contributed by atoms with E-state index in [1.54, 1.807) is 4.90 Å². The van der Waals surface area contributed by atoms with Gasteiger partial charge in [0.25, 0.3) is 0 Å². The van der Waals surface area contributed by atoms with E-state index in [1.807, 2.05) is 17.0 Å². The van der Waals surface area contributed by atoms with Gasteiger partial charge in [-0.1, -0.05) is 38.1 Å². The fourth-order valence-electron chi connectivity index (χ4n) is 3.41. The molecular formula is C18H25N3O2. The Balaban J connectivity index is 1.71. The van der Waals surface area contributed by atoms with E-state index in [2.05, 4.69) is 31.3 Å². The van der Waals surface area contributed by atoms with Crippen molar-refractivity contribution in [2.75, 3.05) is 26.2 Å². The zero-order valence-corrected chi connectivity index (χ0v) is 13.9. The second-order valence-electron chi connectivity index (χ2n) is 6.85. The average molecular weight is 315 g/mol. The van der Waals surface area contributed by atoms with Crippen LogP contribution in [-0.4, -0.2) is 47.9 Å². The maximum Gasteiger partial charge on any atom is 0.317 e. The van der Waals surface area contributed by atoms with Gasteiger partial charge in [-0.3, -0.25) is 4.79 Å². The van der Waals surface area contributed by atoms with Gasteiger partial charge in [-0.2, -0.15) is 0 Å². The highest BCUT2D eigenvalue weighted by Crippen LogP contribution is 2.32. The summed E-state index contributed by atoms with van der Waals surface area (Å²) < 4.78 is 0. The van der Waals surface area contributed by atoms with Crippen LogP contribution in [0.2, 0.25) is 0 Å². The first-order valence-electron chi connectivity index (χ1n) is 8.46. The van der Waals surface area contributed by atoms with Gasteiger partial charge in [0.05, 0.1) is 6.04 Å². The highest BCUT2D eigenvalue weighted by atomic mass is 16.2. The Morgan fingerprint density at radius 1 is 1.35 bits per heavy atom. The fraction of sp³-hybridized carbons (Fsp3) is 0.556. The average Bonchev–Trinajstić information content (AvgIpc) is 2.54. The lowest BCUT2D eigenvalue weighted by molar-refractivity contribution is -0.139. The Labute approximate surface area is 137 Å². The number of nitrogens with one attached hydrogen (secondary N) is 1. The fourth-order valence-corrected chi connectivity index (χ4v) is 3.41. The van der Waals surface area contributed by atoms with E-state index in [0.717, 1.165) is 19.4 Å². The Bertz CT molecular complexity index is 600. The third kappa shape index (κ3) is 3.33. The van der Waals surface area contributed by atoms with Crippen LogP contribution in [0.25, 0.3) is 0 Å². The molecule has 0 radical (unpaired) electrons. The number of nitrogens with zero attached hydrogens (tertiary/aromatic N) is 2. The van der Waals surface area contributed by atoms with Crippen molar-refractivity contribution in [3.63, 3.8) is 0 Å².